The smallest absolute Gasteiger partial charge is 0.307 e. The second-order valence-electron chi connectivity index (χ2n) is 20.9. The van der Waals surface area contributed by atoms with Crippen LogP contribution in [0.3, 0.4) is 0 Å². The van der Waals surface area contributed by atoms with Crippen molar-refractivity contribution in [2.75, 3.05) is 0 Å². The normalized spacial score (nSPS) is 13.0. The number of aromatic nitrogens is 2. The van der Waals surface area contributed by atoms with Gasteiger partial charge in [-0.3, -0.25) is 0 Å². The Bertz CT molecular complexity index is 3080. The number of hydrogen-bond donors (Lipinski definition) is 0. The zero-order chi connectivity index (χ0) is 45.1. The van der Waals surface area contributed by atoms with Crippen molar-refractivity contribution in [1.29, 1.82) is 10.5 Å². The zero-order valence-corrected chi connectivity index (χ0v) is 37.7. The van der Waals surface area contributed by atoms with Gasteiger partial charge in [0.25, 0.3) is 0 Å². The quantitative estimate of drug-likeness (QED) is 0.178. The minimum Gasteiger partial charge on any atom is -0.307 e. The third kappa shape index (κ3) is 7.02. The van der Waals surface area contributed by atoms with Crippen LogP contribution < -0.4 is 0 Å². The second-order valence-corrected chi connectivity index (χ2v) is 20.9. The number of alkyl halides is 3. The van der Waals surface area contributed by atoms with Gasteiger partial charge in [-0.25, -0.2) is 0 Å². The number of rotatable bonds is 3. The monoisotopic (exact) mass is 826 g/mol. The van der Waals surface area contributed by atoms with E-state index in [0.717, 1.165) is 71.9 Å². The Morgan fingerprint density at radius 1 is 0.419 bits per heavy atom. The van der Waals surface area contributed by atoms with Crippen LogP contribution in [0.1, 0.15) is 122 Å². The fraction of sp³-hybridized carbons (Fsp3) is 0.309. The molecule has 4 nitrogen and oxygen atoms in total. The van der Waals surface area contributed by atoms with Gasteiger partial charge in [-0.15, -0.1) is 0 Å². The molecule has 6 aromatic carbocycles. The molecule has 0 radical (unpaired) electrons. The van der Waals surface area contributed by atoms with Gasteiger partial charge in [0.15, 0.2) is 0 Å². The highest BCUT2D eigenvalue weighted by Gasteiger charge is 2.36. The summed E-state index contributed by atoms with van der Waals surface area (Å²) in [5.41, 5.74) is 6.98. The van der Waals surface area contributed by atoms with Crippen LogP contribution in [0.25, 0.3) is 66.1 Å². The molecule has 2 heterocycles. The lowest BCUT2D eigenvalue weighted by molar-refractivity contribution is -0.137. The molecule has 314 valence electrons. The first-order valence-electron chi connectivity index (χ1n) is 21.2. The molecule has 62 heavy (non-hydrogen) atoms. The number of nitrogens with zero attached hydrogens (tertiary/aromatic N) is 4. The van der Waals surface area contributed by atoms with E-state index in [0.29, 0.717) is 11.4 Å². The van der Waals surface area contributed by atoms with Gasteiger partial charge in [-0.2, -0.15) is 23.7 Å². The number of nitriles is 2. The second kappa shape index (κ2) is 14.1. The van der Waals surface area contributed by atoms with Gasteiger partial charge in [0.1, 0.15) is 0 Å². The van der Waals surface area contributed by atoms with Crippen LogP contribution in [0, 0.1) is 22.7 Å². The topological polar surface area (TPSA) is 57.4 Å². The molecule has 0 aliphatic carbocycles. The Kier molecular flexibility index (Phi) is 9.65. The van der Waals surface area contributed by atoms with Crippen LogP contribution in [-0.2, 0) is 27.8 Å². The maximum Gasteiger partial charge on any atom is 0.417 e. The van der Waals surface area contributed by atoms with E-state index in [1.807, 2.05) is 6.07 Å². The van der Waals surface area contributed by atoms with Gasteiger partial charge >= 0.3 is 6.18 Å². The molecule has 0 fully saturated rings. The highest BCUT2D eigenvalue weighted by atomic mass is 19.4. The third-order valence-corrected chi connectivity index (χ3v) is 12.5. The molecule has 0 saturated carbocycles. The lowest BCUT2D eigenvalue weighted by atomic mass is 9.86. The van der Waals surface area contributed by atoms with Crippen molar-refractivity contribution in [2.45, 2.75) is 111 Å². The maximum atomic E-state index is 15.1. The number of fused-ring (bicyclic) bond motifs is 6. The fourth-order valence-corrected chi connectivity index (χ4v) is 8.83. The molecule has 0 unspecified atom stereocenters. The SMILES string of the molecule is CC(C)(C)c1ccc2c3ccc(C(C)(C)C)cc3n(-c3cc(C#N)c(-c4c(C#N)cccc4C(F)(F)F)cc3-n3c4cc(C(C)(C)C)ccc4c4ccc(C(C)(C)C)cc43)c2c1. The Morgan fingerprint density at radius 3 is 1.06 bits per heavy atom. The van der Waals surface area contributed by atoms with E-state index in [-0.39, 0.29) is 43.9 Å². The molecule has 8 aromatic rings. The van der Waals surface area contributed by atoms with Crippen molar-refractivity contribution in [3.05, 3.63) is 142 Å². The molecule has 0 saturated heterocycles. The number of hydrogen-bond acceptors (Lipinski definition) is 2. The van der Waals surface area contributed by atoms with Gasteiger partial charge in [0.2, 0.25) is 0 Å². The average molecular weight is 827 g/mol. The predicted molar refractivity (Wildman–Crippen MR) is 250 cm³/mol. The summed E-state index contributed by atoms with van der Waals surface area (Å²) >= 11 is 0. The number of benzene rings is 6. The van der Waals surface area contributed by atoms with E-state index in [4.69, 9.17) is 0 Å². The van der Waals surface area contributed by atoms with Crippen LogP contribution in [0.15, 0.2) is 103 Å². The molecule has 8 rings (SSSR count). The highest BCUT2D eigenvalue weighted by molar-refractivity contribution is 6.12. The van der Waals surface area contributed by atoms with Crippen LogP contribution in [0.5, 0.6) is 0 Å². The molecule has 0 aliphatic heterocycles. The zero-order valence-electron chi connectivity index (χ0n) is 37.7. The van der Waals surface area contributed by atoms with Gasteiger partial charge < -0.3 is 9.13 Å². The summed E-state index contributed by atoms with van der Waals surface area (Å²) in [7, 11) is 0. The summed E-state index contributed by atoms with van der Waals surface area (Å²) in [6.45, 7) is 26.1. The first-order chi connectivity index (χ1) is 28.8. The molecule has 7 heteroatoms. The van der Waals surface area contributed by atoms with Crippen molar-refractivity contribution in [3.8, 4) is 34.6 Å². The number of halogens is 3. The molecule has 0 N–H and O–H groups in total. The average Bonchev–Trinajstić information content (AvgIpc) is 3.69. The molecular formula is C55H53F3N4. The standard InChI is InChI=1S/C55H53F3N4/c1-51(2,3)34-16-20-38-39-21-17-35(52(4,5)6)26-45(39)61(44(38)25-34)48-24-33(31-60)42(50-32(30-59)14-13-15-43(50)55(56,57)58)29-49(48)62-46-27-36(53(7,8)9)18-22-40(46)41-23-19-37(28-47(41)62)54(10,11)12/h13-29H,1-12H3. The van der Waals surface area contributed by atoms with Gasteiger partial charge in [0.05, 0.1) is 62.3 Å². The summed E-state index contributed by atoms with van der Waals surface area (Å²) < 4.78 is 49.7. The van der Waals surface area contributed by atoms with Crippen LogP contribution >= 0.6 is 0 Å². The molecule has 0 spiro atoms. The molecule has 0 atom stereocenters. The Hall–Kier alpha value is -6.31. The Morgan fingerprint density at radius 2 is 0.758 bits per heavy atom. The van der Waals surface area contributed by atoms with Crippen molar-refractivity contribution >= 4 is 43.6 Å². The summed E-state index contributed by atoms with van der Waals surface area (Å²) in [5, 5.41) is 25.5. The van der Waals surface area contributed by atoms with Crippen LogP contribution in [-0.4, -0.2) is 9.13 Å². The molecule has 2 aromatic heterocycles. The summed E-state index contributed by atoms with van der Waals surface area (Å²) in [6, 6.07) is 37.5. The molecular weight excluding hydrogens is 774 g/mol. The predicted octanol–water partition coefficient (Wildman–Crippen LogP) is 15.5. The van der Waals surface area contributed by atoms with E-state index in [9.17, 15) is 10.5 Å². The van der Waals surface area contributed by atoms with Crippen LogP contribution in [0.4, 0.5) is 13.2 Å². The largest absolute Gasteiger partial charge is 0.417 e. The highest BCUT2D eigenvalue weighted by Crippen LogP contribution is 2.46. The van der Waals surface area contributed by atoms with Gasteiger partial charge in [-0.05, 0) is 92.4 Å². The third-order valence-electron chi connectivity index (χ3n) is 12.5. The van der Waals surface area contributed by atoms with Crippen molar-refractivity contribution in [2.24, 2.45) is 0 Å². The van der Waals surface area contributed by atoms with E-state index in [1.165, 1.54) is 12.1 Å². The summed E-state index contributed by atoms with van der Waals surface area (Å²) in [4.78, 5) is 0. The summed E-state index contributed by atoms with van der Waals surface area (Å²) in [5.74, 6) is 0. The van der Waals surface area contributed by atoms with Gasteiger partial charge in [0, 0.05) is 32.7 Å². The van der Waals surface area contributed by atoms with E-state index >= 15 is 13.2 Å². The van der Waals surface area contributed by atoms with E-state index in [1.54, 1.807) is 12.1 Å². The minimum absolute atomic E-state index is 0.0254. The first kappa shape index (κ1) is 42.4. The fourth-order valence-electron chi connectivity index (χ4n) is 8.83. The maximum absolute atomic E-state index is 15.1. The lowest BCUT2D eigenvalue weighted by Gasteiger charge is -2.24. The van der Waals surface area contributed by atoms with E-state index < -0.39 is 11.7 Å². The minimum atomic E-state index is -4.80. The van der Waals surface area contributed by atoms with E-state index in [2.05, 4.69) is 171 Å². The van der Waals surface area contributed by atoms with Crippen LogP contribution in [0.2, 0.25) is 0 Å². The van der Waals surface area contributed by atoms with Crippen molar-refractivity contribution in [3.63, 3.8) is 0 Å². The molecule has 0 aliphatic rings. The van der Waals surface area contributed by atoms with Gasteiger partial charge in [-0.1, -0.05) is 138 Å². The molecule has 0 amide bonds. The van der Waals surface area contributed by atoms with Crippen molar-refractivity contribution < 1.29 is 13.2 Å². The Labute approximate surface area is 362 Å². The first-order valence-corrected chi connectivity index (χ1v) is 21.2. The Balaban J connectivity index is 1.67. The summed E-state index contributed by atoms with van der Waals surface area (Å²) in [6.07, 6.45) is -4.80. The lowest BCUT2D eigenvalue weighted by Crippen LogP contribution is -2.13. The van der Waals surface area contributed by atoms with Crippen molar-refractivity contribution in [1.82, 2.24) is 9.13 Å². The molecule has 0 bridgehead atoms.